The Morgan fingerprint density at radius 3 is 2.55 bits per heavy atom. The van der Waals surface area contributed by atoms with Gasteiger partial charge in [-0.15, -0.1) is 0 Å². The van der Waals surface area contributed by atoms with Gasteiger partial charge in [0.15, 0.2) is 6.73 Å². The molecule has 1 amide bonds. The number of hydrogen-bond donors (Lipinski definition) is 1. The average Bonchev–Trinajstić information content (AvgIpc) is 2.48. The van der Waals surface area contributed by atoms with E-state index in [0.717, 1.165) is 0 Å². The van der Waals surface area contributed by atoms with E-state index in [1.807, 2.05) is 6.07 Å². The zero-order chi connectivity index (χ0) is 16.3. The van der Waals surface area contributed by atoms with E-state index in [2.05, 4.69) is 0 Å². The van der Waals surface area contributed by atoms with Crippen molar-refractivity contribution < 1.29 is 24.2 Å². The smallest absolute Gasteiger partial charge is 0.329 e. The van der Waals surface area contributed by atoms with Crippen LogP contribution in [0.1, 0.15) is 19.4 Å². The van der Waals surface area contributed by atoms with Gasteiger partial charge in [-0.3, -0.25) is 9.69 Å². The molecule has 0 saturated carbocycles. The summed E-state index contributed by atoms with van der Waals surface area (Å²) in [5.41, 5.74) is -0.358. The van der Waals surface area contributed by atoms with E-state index in [4.69, 9.17) is 9.47 Å². The standard InChI is InChI=1S/C16H19NO5/c1-16(2,15(19)20)17-10-22-12(9-21-3)13(14(17)18)11-7-5-4-6-8-11/h4-8H,9-10H2,1-3H3,(H,19,20). The number of carbonyl (C=O) groups is 2. The summed E-state index contributed by atoms with van der Waals surface area (Å²) in [7, 11) is 1.51. The van der Waals surface area contributed by atoms with Crippen LogP contribution in [0.5, 0.6) is 0 Å². The largest absolute Gasteiger partial charge is 0.480 e. The van der Waals surface area contributed by atoms with Crippen molar-refractivity contribution in [2.45, 2.75) is 19.4 Å². The van der Waals surface area contributed by atoms with Gasteiger partial charge in [-0.1, -0.05) is 30.3 Å². The van der Waals surface area contributed by atoms with Crippen molar-refractivity contribution in [3.05, 3.63) is 41.7 Å². The van der Waals surface area contributed by atoms with Crippen LogP contribution in [0.15, 0.2) is 36.1 Å². The van der Waals surface area contributed by atoms with Crippen molar-refractivity contribution in [2.24, 2.45) is 0 Å². The van der Waals surface area contributed by atoms with Crippen molar-refractivity contribution in [1.29, 1.82) is 0 Å². The molecule has 0 aromatic heterocycles. The fourth-order valence-corrected chi connectivity index (χ4v) is 2.19. The molecule has 0 saturated heterocycles. The van der Waals surface area contributed by atoms with Crippen LogP contribution in [0, 0.1) is 0 Å². The first-order valence-corrected chi connectivity index (χ1v) is 6.85. The summed E-state index contributed by atoms with van der Waals surface area (Å²) < 4.78 is 10.7. The first-order chi connectivity index (χ1) is 10.4. The number of carboxylic acid groups (broad SMARTS) is 1. The normalized spacial score (nSPS) is 15.8. The van der Waals surface area contributed by atoms with E-state index in [-0.39, 0.29) is 19.2 Å². The third-order valence-corrected chi connectivity index (χ3v) is 3.64. The Hall–Kier alpha value is -2.34. The number of rotatable bonds is 5. The highest BCUT2D eigenvalue weighted by atomic mass is 16.5. The van der Waals surface area contributed by atoms with E-state index >= 15 is 0 Å². The Balaban J connectivity index is 2.48. The quantitative estimate of drug-likeness (QED) is 0.896. The molecule has 0 bridgehead atoms. The second-order valence-corrected chi connectivity index (χ2v) is 5.47. The van der Waals surface area contributed by atoms with Crippen LogP contribution in [0.3, 0.4) is 0 Å². The molecule has 1 N–H and O–H groups in total. The van der Waals surface area contributed by atoms with Crippen molar-refractivity contribution in [2.75, 3.05) is 20.4 Å². The zero-order valence-electron chi connectivity index (χ0n) is 12.8. The highest BCUT2D eigenvalue weighted by Crippen LogP contribution is 2.30. The molecular formula is C16H19NO5. The molecule has 0 atom stereocenters. The number of hydrogen-bond acceptors (Lipinski definition) is 4. The van der Waals surface area contributed by atoms with Gasteiger partial charge in [0.2, 0.25) is 0 Å². The summed E-state index contributed by atoms with van der Waals surface area (Å²) in [6.07, 6.45) is 0. The summed E-state index contributed by atoms with van der Waals surface area (Å²) in [6.45, 7) is 2.98. The molecule has 0 spiro atoms. The molecule has 6 heteroatoms. The highest BCUT2D eigenvalue weighted by molar-refractivity contribution is 6.21. The van der Waals surface area contributed by atoms with Crippen LogP contribution in [-0.2, 0) is 19.1 Å². The predicted molar refractivity (Wildman–Crippen MR) is 79.8 cm³/mol. The number of aliphatic carboxylic acids is 1. The maximum atomic E-state index is 12.8. The van der Waals surface area contributed by atoms with Gasteiger partial charge >= 0.3 is 5.97 Å². The fraction of sp³-hybridized carbons (Fsp3) is 0.375. The maximum absolute atomic E-state index is 12.8. The third-order valence-electron chi connectivity index (χ3n) is 3.64. The van der Waals surface area contributed by atoms with Gasteiger partial charge in [0, 0.05) is 7.11 Å². The van der Waals surface area contributed by atoms with E-state index in [1.54, 1.807) is 24.3 Å². The van der Waals surface area contributed by atoms with E-state index < -0.39 is 11.5 Å². The molecule has 1 aliphatic rings. The van der Waals surface area contributed by atoms with E-state index in [0.29, 0.717) is 16.9 Å². The van der Waals surface area contributed by atoms with Crippen molar-refractivity contribution in [3.63, 3.8) is 0 Å². The molecule has 1 aromatic rings. The first kappa shape index (κ1) is 16.0. The molecule has 1 aliphatic heterocycles. The lowest BCUT2D eigenvalue weighted by Gasteiger charge is -2.38. The summed E-state index contributed by atoms with van der Waals surface area (Å²) in [6, 6.07) is 9.02. The second-order valence-electron chi connectivity index (χ2n) is 5.47. The van der Waals surface area contributed by atoms with Crippen molar-refractivity contribution in [1.82, 2.24) is 4.90 Å². The van der Waals surface area contributed by atoms with Gasteiger partial charge in [0.05, 0.1) is 5.57 Å². The third kappa shape index (κ3) is 2.82. The number of ether oxygens (including phenoxy) is 2. The van der Waals surface area contributed by atoms with Gasteiger partial charge in [-0.2, -0.15) is 0 Å². The van der Waals surface area contributed by atoms with Crippen LogP contribution < -0.4 is 0 Å². The topological polar surface area (TPSA) is 76.1 Å². The van der Waals surface area contributed by atoms with Crippen molar-refractivity contribution in [3.8, 4) is 0 Å². The number of carboxylic acids is 1. The molecule has 0 radical (unpaired) electrons. The monoisotopic (exact) mass is 305 g/mol. The first-order valence-electron chi connectivity index (χ1n) is 6.85. The molecular weight excluding hydrogens is 286 g/mol. The fourth-order valence-electron chi connectivity index (χ4n) is 2.19. The molecule has 6 nitrogen and oxygen atoms in total. The minimum atomic E-state index is -1.37. The lowest BCUT2D eigenvalue weighted by Crippen LogP contribution is -2.55. The summed E-state index contributed by atoms with van der Waals surface area (Å²) in [4.78, 5) is 25.5. The Morgan fingerprint density at radius 2 is 2.00 bits per heavy atom. The Labute approximate surface area is 128 Å². The SMILES string of the molecule is COCC1=C(c2ccccc2)C(=O)N(C(C)(C)C(=O)O)CO1. The molecule has 118 valence electrons. The summed E-state index contributed by atoms with van der Waals surface area (Å²) >= 11 is 0. The molecule has 2 rings (SSSR count). The van der Waals surface area contributed by atoms with E-state index in [9.17, 15) is 14.7 Å². The number of carbonyl (C=O) groups excluding carboxylic acids is 1. The van der Waals surface area contributed by atoms with Gasteiger partial charge < -0.3 is 14.6 Å². The van der Waals surface area contributed by atoms with E-state index in [1.165, 1.54) is 25.9 Å². The molecule has 1 aromatic carbocycles. The van der Waals surface area contributed by atoms with Crippen molar-refractivity contribution >= 4 is 17.4 Å². The number of benzene rings is 1. The zero-order valence-corrected chi connectivity index (χ0v) is 12.8. The number of nitrogens with zero attached hydrogens (tertiary/aromatic N) is 1. The van der Waals surface area contributed by atoms with Gasteiger partial charge in [0.25, 0.3) is 5.91 Å². The van der Waals surface area contributed by atoms with Gasteiger partial charge in [0.1, 0.15) is 17.9 Å². The Kier molecular flexibility index (Phi) is 4.51. The summed E-state index contributed by atoms with van der Waals surface area (Å²) in [5, 5.41) is 9.35. The minimum Gasteiger partial charge on any atom is -0.480 e. The van der Waals surface area contributed by atoms with Crippen LogP contribution in [0.2, 0.25) is 0 Å². The predicted octanol–water partition coefficient (Wildman–Crippen LogP) is 1.72. The number of methoxy groups -OCH3 is 1. The highest BCUT2D eigenvalue weighted by Gasteiger charge is 2.42. The molecule has 0 aliphatic carbocycles. The molecule has 0 fully saturated rings. The number of amides is 1. The summed E-state index contributed by atoms with van der Waals surface area (Å²) in [5.74, 6) is -1.06. The Bertz CT molecular complexity index is 606. The Morgan fingerprint density at radius 1 is 1.36 bits per heavy atom. The molecule has 22 heavy (non-hydrogen) atoms. The van der Waals surface area contributed by atoms with Crippen LogP contribution in [-0.4, -0.2) is 47.9 Å². The van der Waals surface area contributed by atoms with Gasteiger partial charge in [-0.05, 0) is 19.4 Å². The van der Waals surface area contributed by atoms with Gasteiger partial charge in [-0.25, -0.2) is 4.79 Å². The lowest BCUT2D eigenvalue weighted by molar-refractivity contribution is -0.161. The maximum Gasteiger partial charge on any atom is 0.329 e. The van der Waals surface area contributed by atoms with Crippen LogP contribution in [0.25, 0.3) is 5.57 Å². The average molecular weight is 305 g/mol. The molecule has 1 heterocycles. The second kappa shape index (κ2) is 6.19. The minimum absolute atomic E-state index is 0.118. The lowest BCUT2D eigenvalue weighted by atomic mass is 9.97. The van der Waals surface area contributed by atoms with Crippen LogP contribution >= 0.6 is 0 Å². The van der Waals surface area contributed by atoms with Crippen LogP contribution in [0.4, 0.5) is 0 Å². The molecule has 0 unspecified atom stereocenters.